The fraction of sp³-hybridized carbons (Fsp3) is 0.308. The van der Waals surface area contributed by atoms with Gasteiger partial charge >= 0.3 is 0 Å². The molecule has 0 aromatic heterocycles. The average Bonchev–Trinajstić information content (AvgIpc) is 3.25. The third-order valence-electron chi connectivity index (χ3n) is 10.7. The minimum Gasteiger partial charge on any atom is -0.493 e. The van der Waals surface area contributed by atoms with E-state index >= 15 is 4.57 Å². The van der Waals surface area contributed by atoms with Crippen LogP contribution in [0.4, 0.5) is 0 Å². The first-order valence-corrected chi connectivity index (χ1v) is 23.8. The summed E-state index contributed by atoms with van der Waals surface area (Å²) in [5.74, 6) is 3.52. The quantitative estimate of drug-likeness (QED) is 0.0961. The summed E-state index contributed by atoms with van der Waals surface area (Å²) in [6.07, 6.45) is 5.81. The van der Waals surface area contributed by atoms with E-state index in [1.807, 2.05) is 60.7 Å². The first kappa shape index (κ1) is 42.4. The van der Waals surface area contributed by atoms with Crippen molar-refractivity contribution >= 4 is 39.0 Å². The van der Waals surface area contributed by atoms with Gasteiger partial charge in [-0.1, -0.05) is 141 Å². The van der Waals surface area contributed by atoms with Gasteiger partial charge in [0, 0.05) is 57.2 Å². The molecule has 6 aromatic rings. The Morgan fingerprint density at radius 1 is 0.407 bits per heavy atom. The van der Waals surface area contributed by atoms with Crippen molar-refractivity contribution in [1.29, 1.82) is 0 Å². The number of ether oxygens (including phenoxy) is 4. The van der Waals surface area contributed by atoms with Crippen LogP contribution in [0.25, 0.3) is 0 Å². The van der Waals surface area contributed by atoms with Gasteiger partial charge in [-0.2, -0.15) is 0 Å². The normalized spacial score (nSPS) is 12.5. The monoisotopic (exact) mass is 870 g/mol. The molecule has 59 heavy (non-hydrogen) atoms. The summed E-state index contributed by atoms with van der Waals surface area (Å²) in [7, 11) is -3.36. The van der Waals surface area contributed by atoms with Crippen molar-refractivity contribution in [2.24, 2.45) is 0 Å². The number of fused-ring (bicyclic) bond motifs is 8. The molecule has 0 atom stereocenters. The first-order valence-electron chi connectivity index (χ1n) is 21.3. The van der Waals surface area contributed by atoms with E-state index in [4.69, 9.17) is 18.9 Å². The molecule has 0 fully saturated rings. The zero-order valence-corrected chi connectivity index (χ0v) is 37.4. The van der Waals surface area contributed by atoms with E-state index in [1.165, 1.54) is 0 Å². The molecule has 1 aliphatic rings. The van der Waals surface area contributed by atoms with E-state index < -0.39 is 7.14 Å². The molecule has 0 unspecified atom stereocenters. The second-order valence-corrected chi connectivity index (χ2v) is 19.0. The molecule has 0 amide bonds. The van der Waals surface area contributed by atoms with E-state index in [1.54, 1.807) is 0 Å². The van der Waals surface area contributed by atoms with Crippen molar-refractivity contribution in [2.45, 2.75) is 79.1 Å². The fourth-order valence-electron chi connectivity index (χ4n) is 8.09. The van der Waals surface area contributed by atoms with Gasteiger partial charge in [0.05, 0.1) is 26.4 Å². The maximum atomic E-state index is 16.1. The summed E-state index contributed by atoms with van der Waals surface area (Å²) in [5, 5.41) is 2.37. The van der Waals surface area contributed by atoms with Gasteiger partial charge in [-0.15, -0.1) is 0 Å². The predicted octanol–water partition coefficient (Wildman–Crippen LogP) is 11.9. The van der Waals surface area contributed by atoms with Crippen LogP contribution in [0.1, 0.15) is 97.9 Å². The fourth-order valence-corrected chi connectivity index (χ4v) is 11.4. The van der Waals surface area contributed by atoms with Crippen LogP contribution in [-0.2, 0) is 30.2 Å². The topological polar surface area (TPSA) is 54.0 Å². The molecule has 7 heteroatoms. The standard InChI is InChI=1S/C52H56BrO5P/c1-5-25-55-49-37-17-15-19-39(49)31-43-35-48(59(54,46-21-11-9-12-22-46)47-23-13-10-14-24-47)36-44(52(43)58-28-8-4)32-40-20-16-18-38(50(40)56-26-6-2)30-42-34-45(53)33-41(29-37)51(42)57-27-7-3/h9-24,33-36H,5-8,25-32H2,1-4H3. The van der Waals surface area contributed by atoms with E-state index in [-0.39, 0.29) is 0 Å². The lowest BCUT2D eigenvalue weighted by molar-refractivity contribution is 0.304. The summed E-state index contributed by atoms with van der Waals surface area (Å²) < 4.78 is 44.1. The van der Waals surface area contributed by atoms with Crippen LogP contribution >= 0.6 is 23.1 Å². The molecule has 0 radical (unpaired) electrons. The van der Waals surface area contributed by atoms with Gasteiger partial charge in [0.25, 0.3) is 0 Å². The number of para-hydroxylation sites is 2. The SMILES string of the molecule is CCCOc1c2cccc1Cc1cc(P(=O)(c3ccccc3)c3ccccc3)cc(c1OCCC)Cc1cccc(c1OCCC)Cc1cc(Br)cc(c1OCCC)C2. The van der Waals surface area contributed by atoms with Crippen LogP contribution in [0.2, 0.25) is 0 Å². The second kappa shape index (κ2) is 20.0. The molecule has 0 saturated heterocycles. The average molecular weight is 872 g/mol. The predicted molar refractivity (Wildman–Crippen MR) is 247 cm³/mol. The van der Waals surface area contributed by atoms with Gasteiger partial charge in [0.15, 0.2) is 7.14 Å². The molecule has 1 aliphatic carbocycles. The van der Waals surface area contributed by atoms with E-state index in [0.717, 1.165) is 114 Å². The van der Waals surface area contributed by atoms with Crippen LogP contribution in [0.5, 0.6) is 23.0 Å². The molecule has 0 heterocycles. The number of halogens is 1. The van der Waals surface area contributed by atoms with Crippen LogP contribution in [0.3, 0.4) is 0 Å². The van der Waals surface area contributed by atoms with Crippen molar-refractivity contribution < 1.29 is 23.5 Å². The maximum Gasteiger partial charge on any atom is 0.171 e. The third-order valence-corrected chi connectivity index (χ3v) is 14.2. The van der Waals surface area contributed by atoms with Gasteiger partial charge in [0.1, 0.15) is 23.0 Å². The van der Waals surface area contributed by atoms with Crippen molar-refractivity contribution in [3.8, 4) is 23.0 Å². The molecule has 6 aromatic carbocycles. The lowest BCUT2D eigenvalue weighted by Crippen LogP contribution is -2.26. The van der Waals surface area contributed by atoms with Gasteiger partial charge < -0.3 is 23.5 Å². The number of benzene rings is 6. The highest BCUT2D eigenvalue weighted by Gasteiger charge is 2.32. The van der Waals surface area contributed by atoms with E-state index in [0.29, 0.717) is 52.1 Å². The van der Waals surface area contributed by atoms with Gasteiger partial charge in [-0.05, 0) is 83.3 Å². The number of hydrogen-bond acceptors (Lipinski definition) is 5. The number of hydrogen-bond donors (Lipinski definition) is 0. The van der Waals surface area contributed by atoms with Gasteiger partial charge in [-0.3, -0.25) is 0 Å². The molecule has 0 saturated carbocycles. The number of rotatable bonds is 15. The summed E-state index contributed by atoms with van der Waals surface area (Å²) in [6, 6.07) is 41.5. The second-order valence-electron chi connectivity index (χ2n) is 15.3. The molecular weight excluding hydrogens is 815 g/mol. The lowest BCUT2D eigenvalue weighted by atomic mass is 9.91. The van der Waals surface area contributed by atoms with Gasteiger partial charge in [-0.25, -0.2) is 0 Å². The molecular formula is C52H56BrO5P. The summed E-state index contributed by atoms with van der Waals surface area (Å²) in [4.78, 5) is 0. The molecule has 5 nitrogen and oxygen atoms in total. The highest BCUT2D eigenvalue weighted by molar-refractivity contribution is 9.10. The molecule has 0 N–H and O–H groups in total. The third kappa shape index (κ3) is 9.51. The largest absolute Gasteiger partial charge is 0.493 e. The van der Waals surface area contributed by atoms with Crippen LogP contribution in [-0.4, -0.2) is 26.4 Å². The van der Waals surface area contributed by atoms with E-state index in [2.05, 4.69) is 104 Å². The Balaban J connectivity index is 1.55. The Morgan fingerprint density at radius 2 is 0.712 bits per heavy atom. The molecule has 7 rings (SSSR count). The zero-order chi connectivity index (χ0) is 41.2. The molecule has 306 valence electrons. The highest BCUT2D eigenvalue weighted by Crippen LogP contribution is 2.46. The molecule has 0 aliphatic heterocycles. The molecule has 0 spiro atoms. The van der Waals surface area contributed by atoms with Crippen molar-refractivity contribution in [3.05, 3.63) is 170 Å². The first-order chi connectivity index (χ1) is 28.9. The van der Waals surface area contributed by atoms with Crippen LogP contribution in [0, 0.1) is 0 Å². The Hall–Kier alpha value is -4.77. The van der Waals surface area contributed by atoms with Crippen LogP contribution in [0.15, 0.2) is 126 Å². The summed E-state index contributed by atoms with van der Waals surface area (Å²) in [6.45, 7) is 10.9. The minimum atomic E-state index is -3.36. The summed E-state index contributed by atoms with van der Waals surface area (Å²) >= 11 is 3.88. The van der Waals surface area contributed by atoms with Crippen LogP contribution < -0.4 is 34.9 Å². The maximum absolute atomic E-state index is 16.1. The molecule has 8 bridgehead atoms. The van der Waals surface area contributed by atoms with E-state index in [9.17, 15) is 0 Å². The lowest BCUT2D eigenvalue weighted by Gasteiger charge is -2.26. The van der Waals surface area contributed by atoms with Gasteiger partial charge in [0.2, 0.25) is 0 Å². The minimum absolute atomic E-state index is 0.526. The zero-order valence-electron chi connectivity index (χ0n) is 34.9. The van der Waals surface area contributed by atoms with Crippen molar-refractivity contribution in [3.63, 3.8) is 0 Å². The Kier molecular flexibility index (Phi) is 14.4. The van der Waals surface area contributed by atoms with Crippen molar-refractivity contribution in [2.75, 3.05) is 26.4 Å². The Bertz CT molecular complexity index is 2240. The smallest absolute Gasteiger partial charge is 0.171 e. The summed E-state index contributed by atoms with van der Waals surface area (Å²) in [5.41, 5.74) is 8.46. The van der Waals surface area contributed by atoms with Crippen molar-refractivity contribution in [1.82, 2.24) is 0 Å². The Morgan fingerprint density at radius 3 is 1.03 bits per heavy atom. The Labute approximate surface area is 359 Å². The highest BCUT2D eigenvalue weighted by atomic mass is 79.9.